The molecule has 0 aliphatic rings. The van der Waals surface area contributed by atoms with E-state index >= 15 is 0 Å². The second kappa shape index (κ2) is 8.62. The molecule has 0 saturated carbocycles. The molecule has 0 radical (unpaired) electrons. The molecule has 4 nitrogen and oxygen atoms in total. The number of azo groups is 1. The zero-order chi connectivity index (χ0) is 22.0. The number of aryl methyl sites for hydroxylation is 2. The van der Waals surface area contributed by atoms with E-state index in [1.807, 2.05) is 80.6 Å². The van der Waals surface area contributed by atoms with Crippen LogP contribution in [0.3, 0.4) is 0 Å². The number of benzene rings is 4. The molecule has 0 unspecified atom stereocenters. The zero-order valence-corrected chi connectivity index (χ0v) is 18.1. The zero-order valence-electron chi connectivity index (χ0n) is 17.4. The van der Waals surface area contributed by atoms with Crippen LogP contribution in [-0.2, 0) is 0 Å². The van der Waals surface area contributed by atoms with Crippen molar-refractivity contribution < 1.29 is 5.11 Å². The van der Waals surface area contributed by atoms with Crippen molar-refractivity contribution in [2.24, 2.45) is 10.2 Å². The molecule has 154 valence electrons. The van der Waals surface area contributed by atoms with Gasteiger partial charge < -0.3 is 10.4 Å². The van der Waals surface area contributed by atoms with E-state index in [-0.39, 0.29) is 5.75 Å². The third-order valence-electron chi connectivity index (χ3n) is 5.10. The molecule has 31 heavy (non-hydrogen) atoms. The molecule has 0 heterocycles. The van der Waals surface area contributed by atoms with Crippen LogP contribution in [0, 0.1) is 13.8 Å². The maximum atomic E-state index is 11.1. The summed E-state index contributed by atoms with van der Waals surface area (Å²) in [5.74, 6) is 0.0201. The van der Waals surface area contributed by atoms with Gasteiger partial charge >= 0.3 is 0 Å². The predicted octanol–water partition coefficient (Wildman–Crippen LogP) is 8.31. The Balaban J connectivity index is 1.78. The molecular formula is C26H22ClN3O. The van der Waals surface area contributed by atoms with Crippen LogP contribution in [0.4, 0.5) is 17.1 Å². The first-order valence-corrected chi connectivity index (χ1v) is 10.3. The minimum Gasteiger partial charge on any atom is -0.505 e. The van der Waals surface area contributed by atoms with Crippen molar-refractivity contribution in [3.05, 3.63) is 101 Å². The van der Waals surface area contributed by atoms with Crippen LogP contribution in [0.2, 0.25) is 5.02 Å². The van der Waals surface area contributed by atoms with Gasteiger partial charge in [0.2, 0.25) is 0 Å². The van der Waals surface area contributed by atoms with Gasteiger partial charge in [-0.3, -0.25) is 0 Å². The van der Waals surface area contributed by atoms with Crippen LogP contribution in [0.15, 0.2) is 89.6 Å². The molecule has 4 rings (SSSR count). The molecule has 4 aromatic rings. The first-order chi connectivity index (χ1) is 14.9. The van der Waals surface area contributed by atoms with Crippen molar-refractivity contribution in [3.8, 4) is 5.75 Å². The highest BCUT2D eigenvalue weighted by atomic mass is 35.5. The number of nitrogens with one attached hydrogen (secondary N) is 1. The summed E-state index contributed by atoms with van der Waals surface area (Å²) in [4.78, 5) is 0. The summed E-state index contributed by atoms with van der Waals surface area (Å²) in [7, 11) is 0. The van der Waals surface area contributed by atoms with Crippen LogP contribution in [-0.4, -0.2) is 5.11 Å². The molecule has 2 N–H and O–H groups in total. The average molecular weight is 428 g/mol. The summed E-state index contributed by atoms with van der Waals surface area (Å²) < 4.78 is 0. The molecule has 0 amide bonds. The Bertz CT molecular complexity index is 1310. The second-order valence-electron chi connectivity index (χ2n) is 7.44. The lowest BCUT2D eigenvalue weighted by Gasteiger charge is -2.14. The Hall–Kier alpha value is -3.63. The normalized spacial score (nSPS) is 11.2. The van der Waals surface area contributed by atoms with Gasteiger partial charge in [0.05, 0.1) is 5.69 Å². The van der Waals surface area contributed by atoms with Gasteiger partial charge in [-0.2, -0.15) is 5.11 Å². The molecule has 0 aliphatic heterocycles. The molecule has 0 saturated heterocycles. The van der Waals surface area contributed by atoms with E-state index in [9.17, 15) is 5.11 Å². The van der Waals surface area contributed by atoms with Gasteiger partial charge in [0.25, 0.3) is 0 Å². The van der Waals surface area contributed by atoms with Gasteiger partial charge in [0, 0.05) is 27.4 Å². The summed E-state index contributed by atoms with van der Waals surface area (Å²) >= 11 is 6.11. The van der Waals surface area contributed by atoms with Crippen molar-refractivity contribution in [3.63, 3.8) is 0 Å². The molecule has 0 bridgehead atoms. The monoisotopic (exact) mass is 427 g/mol. The van der Waals surface area contributed by atoms with Gasteiger partial charge in [0.15, 0.2) is 5.75 Å². The Morgan fingerprint density at radius 2 is 1.68 bits per heavy atom. The second-order valence-corrected chi connectivity index (χ2v) is 7.88. The predicted molar refractivity (Wildman–Crippen MR) is 130 cm³/mol. The SMILES string of the molecule is C=C(Nc1ccc(C)cc1)c1cc2ccccc2c(N=Nc2cc(Cl)ccc2C)c1O. The topological polar surface area (TPSA) is 57.0 Å². The number of aromatic hydroxyl groups is 1. The van der Waals surface area contributed by atoms with E-state index in [2.05, 4.69) is 22.1 Å². The Kier molecular flexibility index (Phi) is 5.74. The quantitative estimate of drug-likeness (QED) is 0.314. The number of rotatable bonds is 5. The first-order valence-electron chi connectivity index (χ1n) is 9.88. The fraction of sp³-hybridized carbons (Fsp3) is 0.0769. The van der Waals surface area contributed by atoms with Gasteiger partial charge in [-0.15, -0.1) is 5.11 Å². The van der Waals surface area contributed by atoms with E-state index in [1.54, 1.807) is 6.07 Å². The maximum absolute atomic E-state index is 11.1. The summed E-state index contributed by atoms with van der Waals surface area (Å²) in [5.41, 5.74) is 5.18. The standard InChI is InChI=1S/C26H22ClN3O/c1-16-8-12-21(13-9-16)28-18(3)23-14-19-6-4-5-7-22(19)25(26(23)31)30-29-24-15-20(27)11-10-17(24)2/h4-15,28,31H,3H2,1-2H3. The summed E-state index contributed by atoms with van der Waals surface area (Å²) in [6.45, 7) is 8.11. The van der Waals surface area contributed by atoms with E-state index in [0.717, 1.165) is 22.0 Å². The minimum absolute atomic E-state index is 0.0201. The molecule has 0 atom stereocenters. The number of anilines is 1. The van der Waals surface area contributed by atoms with E-state index in [0.29, 0.717) is 27.7 Å². The molecule has 4 aromatic carbocycles. The highest BCUT2D eigenvalue weighted by Gasteiger charge is 2.15. The van der Waals surface area contributed by atoms with Crippen LogP contribution < -0.4 is 5.32 Å². The lowest BCUT2D eigenvalue weighted by molar-refractivity contribution is 0.475. The molecule has 0 spiro atoms. The number of halogens is 1. The third kappa shape index (κ3) is 4.44. The minimum atomic E-state index is 0.0201. The van der Waals surface area contributed by atoms with E-state index in [1.165, 1.54) is 5.56 Å². The van der Waals surface area contributed by atoms with Gasteiger partial charge in [-0.25, -0.2) is 0 Å². The number of fused-ring (bicyclic) bond motifs is 1. The summed E-state index contributed by atoms with van der Waals surface area (Å²) in [5, 5.41) is 25.5. The molecule has 0 aliphatic carbocycles. The van der Waals surface area contributed by atoms with Crippen molar-refractivity contribution in [1.29, 1.82) is 0 Å². The fourth-order valence-corrected chi connectivity index (χ4v) is 3.49. The van der Waals surface area contributed by atoms with Crippen LogP contribution >= 0.6 is 11.6 Å². The van der Waals surface area contributed by atoms with Crippen molar-refractivity contribution in [1.82, 2.24) is 0 Å². The highest BCUT2D eigenvalue weighted by molar-refractivity contribution is 6.30. The smallest absolute Gasteiger partial charge is 0.153 e. The number of hydrogen-bond acceptors (Lipinski definition) is 4. The van der Waals surface area contributed by atoms with Crippen LogP contribution in [0.5, 0.6) is 5.75 Å². The summed E-state index contributed by atoms with van der Waals surface area (Å²) in [6.07, 6.45) is 0. The number of phenols is 1. The molecular weight excluding hydrogens is 406 g/mol. The average Bonchev–Trinajstić information content (AvgIpc) is 2.76. The van der Waals surface area contributed by atoms with Gasteiger partial charge in [-0.05, 0) is 55.1 Å². The van der Waals surface area contributed by atoms with Crippen LogP contribution in [0.1, 0.15) is 16.7 Å². The maximum Gasteiger partial charge on any atom is 0.153 e. The fourth-order valence-electron chi connectivity index (χ4n) is 3.32. The largest absolute Gasteiger partial charge is 0.505 e. The van der Waals surface area contributed by atoms with Gasteiger partial charge in [-0.1, -0.05) is 66.2 Å². The lowest BCUT2D eigenvalue weighted by atomic mass is 10.0. The third-order valence-corrected chi connectivity index (χ3v) is 5.33. The summed E-state index contributed by atoms with van der Waals surface area (Å²) in [6, 6.07) is 23.1. The van der Waals surface area contributed by atoms with Gasteiger partial charge in [0.1, 0.15) is 5.69 Å². The molecule has 0 aromatic heterocycles. The number of hydrogen-bond donors (Lipinski definition) is 2. The lowest BCUT2D eigenvalue weighted by Crippen LogP contribution is -1.98. The highest BCUT2D eigenvalue weighted by Crippen LogP contribution is 2.42. The molecule has 0 fully saturated rings. The Morgan fingerprint density at radius 3 is 2.45 bits per heavy atom. The number of phenolic OH excluding ortho intramolecular Hbond substituents is 1. The van der Waals surface area contributed by atoms with Crippen molar-refractivity contribution >= 4 is 45.1 Å². The van der Waals surface area contributed by atoms with Crippen molar-refractivity contribution in [2.75, 3.05) is 5.32 Å². The van der Waals surface area contributed by atoms with E-state index in [4.69, 9.17) is 11.6 Å². The van der Waals surface area contributed by atoms with Crippen LogP contribution in [0.25, 0.3) is 16.5 Å². The van der Waals surface area contributed by atoms with Crippen molar-refractivity contribution in [2.45, 2.75) is 13.8 Å². The first kappa shape index (κ1) is 20.6. The molecule has 5 heteroatoms. The Morgan fingerprint density at radius 1 is 0.935 bits per heavy atom. The Labute approximate surface area is 186 Å². The van der Waals surface area contributed by atoms with E-state index < -0.39 is 0 Å². The number of nitrogens with zero attached hydrogens (tertiary/aromatic N) is 2.